The highest BCUT2D eigenvalue weighted by Crippen LogP contribution is 2.32. The number of halogens is 4. The van der Waals surface area contributed by atoms with Gasteiger partial charge in [-0.1, -0.05) is 26.0 Å². The highest BCUT2D eigenvalue weighted by molar-refractivity contribution is 5.98. The summed E-state index contributed by atoms with van der Waals surface area (Å²) in [5, 5.41) is 4.92. The zero-order valence-corrected chi connectivity index (χ0v) is 20.9. The summed E-state index contributed by atoms with van der Waals surface area (Å²) >= 11 is 0. The molecule has 2 aromatic rings. The number of aliphatic imine (C=N–C) groups is 1. The number of benzene rings is 2. The minimum absolute atomic E-state index is 0.0115. The van der Waals surface area contributed by atoms with Crippen molar-refractivity contribution in [2.24, 2.45) is 16.6 Å². The first kappa shape index (κ1) is 29.4. The molecule has 0 saturated carbocycles. The quantitative estimate of drug-likeness (QED) is 0.249. The lowest BCUT2D eigenvalue weighted by atomic mass is 10.0. The smallest absolute Gasteiger partial charge is 0.419 e. The second-order valence-corrected chi connectivity index (χ2v) is 8.60. The Kier molecular flexibility index (Phi) is 10.3. The van der Waals surface area contributed by atoms with Crippen LogP contribution >= 0.6 is 0 Å². The van der Waals surface area contributed by atoms with Crippen molar-refractivity contribution in [2.45, 2.75) is 45.5 Å². The zero-order valence-electron chi connectivity index (χ0n) is 20.9. The SMILES string of the molecule is COc1ccc(CC(=O)NC(N)=NC(CC(C)C)C(=O)NCc2ccc(F)c(C(F)(F)F)c2)cc1OC. The lowest BCUT2D eigenvalue weighted by molar-refractivity contribution is -0.140. The Labute approximate surface area is 212 Å². The lowest BCUT2D eigenvalue weighted by Gasteiger charge is -2.17. The van der Waals surface area contributed by atoms with Crippen molar-refractivity contribution in [3.8, 4) is 11.5 Å². The van der Waals surface area contributed by atoms with Crippen molar-refractivity contribution >= 4 is 17.8 Å². The number of hydrogen-bond donors (Lipinski definition) is 3. The summed E-state index contributed by atoms with van der Waals surface area (Å²) in [5.74, 6) is -1.81. The van der Waals surface area contributed by atoms with E-state index in [9.17, 15) is 27.2 Å². The van der Waals surface area contributed by atoms with Gasteiger partial charge < -0.3 is 20.5 Å². The van der Waals surface area contributed by atoms with E-state index in [0.29, 0.717) is 29.2 Å². The highest BCUT2D eigenvalue weighted by Gasteiger charge is 2.34. The number of guanidine groups is 1. The van der Waals surface area contributed by atoms with Crippen LogP contribution in [-0.2, 0) is 28.7 Å². The largest absolute Gasteiger partial charge is 0.493 e. The molecule has 0 bridgehead atoms. The predicted octanol–water partition coefficient (Wildman–Crippen LogP) is 3.57. The van der Waals surface area contributed by atoms with Crippen molar-refractivity contribution in [3.05, 3.63) is 58.9 Å². The van der Waals surface area contributed by atoms with Crippen LogP contribution < -0.4 is 25.8 Å². The van der Waals surface area contributed by atoms with Gasteiger partial charge in [-0.3, -0.25) is 14.9 Å². The first-order valence-corrected chi connectivity index (χ1v) is 11.3. The van der Waals surface area contributed by atoms with Crippen LogP contribution in [0.25, 0.3) is 0 Å². The van der Waals surface area contributed by atoms with Gasteiger partial charge in [0.15, 0.2) is 17.5 Å². The second-order valence-electron chi connectivity index (χ2n) is 8.60. The molecule has 4 N–H and O–H groups in total. The number of methoxy groups -OCH3 is 2. The summed E-state index contributed by atoms with van der Waals surface area (Å²) in [5.41, 5.74) is 5.13. The van der Waals surface area contributed by atoms with Gasteiger partial charge >= 0.3 is 6.18 Å². The number of nitrogens with one attached hydrogen (secondary N) is 2. The third-order valence-electron chi connectivity index (χ3n) is 5.18. The Hall–Kier alpha value is -3.83. The van der Waals surface area contributed by atoms with E-state index in [-0.39, 0.29) is 36.8 Å². The molecule has 1 unspecified atom stereocenters. The molecule has 12 heteroatoms. The summed E-state index contributed by atoms with van der Waals surface area (Å²) in [6, 6.07) is 6.45. The fourth-order valence-electron chi connectivity index (χ4n) is 3.43. The minimum Gasteiger partial charge on any atom is -0.493 e. The zero-order chi connectivity index (χ0) is 27.8. The number of hydrogen-bond acceptors (Lipinski definition) is 5. The average molecular weight is 527 g/mol. The molecule has 2 rings (SSSR count). The van der Waals surface area contributed by atoms with E-state index in [1.807, 2.05) is 13.8 Å². The van der Waals surface area contributed by atoms with Crippen LogP contribution in [0.5, 0.6) is 11.5 Å². The number of nitrogens with two attached hydrogens (primary N) is 1. The van der Waals surface area contributed by atoms with Crippen LogP contribution in [0.3, 0.4) is 0 Å². The van der Waals surface area contributed by atoms with Gasteiger partial charge in [-0.2, -0.15) is 13.2 Å². The van der Waals surface area contributed by atoms with Gasteiger partial charge in [0.25, 0.3) is 0 Å². The monoisotopic (exact) mass is 526 g/mol. The Morgan fingerprint density at radius 2 is 1.68 bits per heavy atom. The minimum atomic E-state index is -4.86. The number of carbonyl (C=O) groups is 2. The van der Waals surface area contributed by atoms with Crippen LogP contribution in [0.2, 0.25) is 0 Å². The summed E-state index contributed by atoms with van der Waals surface area (Å²) in [6.07, 6.45) is -4.66. The van der Waals surface area contributed by atoms with Crippen LogP contribution in [0, 0.1) is 11.7 Å². The maximum Gasteiger partial charge on any atom is 0.419 e. The summed E-state index contributed by atoms with van der Waals surface area (Å²) in [6.45, 7) is 3.41. The van der Waals surface area contributed by atoms with Gasteiger partial charge in [0, 0.05) is 6.54 Å². The van der Waals surface area contributed by atoms with E-state index in [4.69, 9.17) is 15.2 Å². The van der Waals surface area contributed by atoms with Gasteiger partial charge in [0.05, 0.1) is 26.2 Å². The molecule has 0 aliphatic heterocycles. The normalized spacial score (nSPS) is 12.7. The lowest BCUT2D eigenvalue weighted by Crippen LogP contribution is -2.41. The van der Waals surface area contributed by atoms with E-state index >= 15 is 0 Å². The molecule has 2 aromatic carbocycles. The maximum absolute atomic E-state index is 13.5. The van der Waals surface area contributed by atoms with Gasteiger partial charge in [0.2, 0.25) is 11.8 Å². The van der Waals surface area contributed by atoms with E-state index < -0.39 is 35.4 Å². The fourth-order valence-corrected chi connectivity index (χ4v) is 3.43. The standard InChI is InChI=1S/C25H30F4N4O4/c1-14(2)9-19(23(35)31-13-16-5-7-18(26)17(10-16)25(27,28)29)32-24(30)33-22(34)12-15-6-8-20(36-3)21(11-15)37-4/h5-8,10-11,14,19H,9,12-13H2,1-4H3,(H,31,35)(H3,30,32,33,34). The number of nitrogens with zero attached hydrogens (tertiary/aromatic N) is 1. The van der Waals surface area contributed by atoms with Crippen molar-refractivity contribution in [1.29, 1.82) is 0 Å². The van der Waals surface area contributed by atoms with Crippen LogP contribution in [0.4, 0.5) is 17.6 Å². The van der Waals surface area contributed by atoms with Crippen LogP contribution in [0.1, 0.15) is 37.0 Å². The molecule has 2 amide bonds. The molecule has 0 aliphatic rings. The molecule has 0 heterocycles. The Balaban J connectivity index is 2.07. The van der Waals surface area contributed by atoms with Gasteiger partial charge in [-0.05, 0) is 47.7 Å². The van der Waals surface area contributed by atoms with Crippen molar-refractivity contribution < 1.29 is 36.6 Å². The molecule has 1 atom stereocenters. The highest BCUT2D eigenvalue weighted by atomic mass is 19.4. The molecule has 0 aromatic heterocycles. The van der Waals surface area contributed by atoms with Crippen LogP contribution in [0.15, 0.2) is 41.4 Å². The van der Waals surface area contributed by atoms with Gasteiger partial charge in [-0.15, -0.1) is 0 Å². The van der Waals surface area contributed by atoms with Gasteiger partial charge in [-0.25, -0.2) is 9.38 Å². The molecule has 0 saturated heterocycles. The molecule has 0 radical (unpaired) electrons. The van der Waals surface area contributed by atoms with E-state index in [1.165, 1.54) is 14.2 Å². The first-order valence-electron chi connectivity index (χ1n) is 11.3. The van der Waals surface area contributed by atoms with Crippen LogP contribution in [-0.4, -0.2) is 38.0 Å². The van der Waals surface area contributed by atoms with Crippen molar-refractivity contribution in [1.82, 2.24) is 10.6 Å². The number of carbonyl (C=O) groups excluding carboxylic acids is 2. The number of rotatable bonds is 10. The molecule has 0 aliphatic carbocycles. The topological polar surface area (TPSA) is 115 Å². The molecule has 0 fully saturated rings. The Morgan fingerprint density at radius 3 is 2.27 bits per heavy atom. The molecule has 202 valence electrons. The average Bonchev–Trinajstić information content (AvgIpc) is 2.81. The van der Waals surface area contributed by atoms with E-state index in [0.717, 1.165) is 6.07 Å². The summed E-state index contributed by atoms with van der Waals surface area (Å²) in [4.78, 5) is 29.3. The second kappa shape index (κ2) is 12.9. The Bertz CT molecular complexity index is 1140. The summed E-state index contributed by atoms with van der Waals surface area (Å²) in [7, 11) is 2.96. The third-order valence-corrected chi connectivity index (χ3v) is 5.18. The first-order chi connectivity index (χ1) is 17.3. The number of amides is 2. The molecule has 0 spiro atoms. The van der Waals surface area contributed by atoms with E-state index in [2.05, 4.69) is 15.6 Å². The third kappa shape index (κ3) is 8.96. The van der Waals surface area contributed by atoms with Crippen molar-refractivity contribution in [3.63, 3.8) is 0 Å². The van der Waals surface area contributed by atoms with Crippen molar-refractivity contribution in [2.75, 3.05) is 14.2 Å². The maximum atomic E-state index is 13.5. The molecule has 8 nitrogen and oxygen atoms in total. The summed E-state index contributed by atoms with van der Waals surface area (Å²) < 4.78 is 62.7. The number of ether oxygens (including phenoxy) is 2. The van der Waals surface area contributed by atoms with E-state index in [1.54, 1.807) is 18.2 Å². The fraction of sp³-hybridized carbons (Fsp3) is 0.400. The predicted molar refractivity (Wildman–Crippen MR) is 130 cm³/mol. The number of alkyl halides is 3. The molecular weight excluding hydrogens is 496 g/mol. The van der Waals surface area contributed by atoms with Gasteiger partial charge in [0.1, 0.15) is 11.9 Å². The molecule has 37 heavy (non-hydrogen) atoms. The molecular formula is C25H30F4N4O4. The Morgan fingerprint density at radius 1 is 1.03 bits per heavy atom.